The van der Waals surface area contributed by atoms with Crippen LogP contribution < -0.4 is 5.32 Å². The van der Waals surface area contributed by atoms with E-state index in [1.807, 2.05) is 18.7 Å². The van der Waals surface area contributed by atoms with Crippen molar-refractivity contribution in [3.05, 3.63) is 29.8 Å². The fraction of sp³-hybridized carbons (Fsp3) is 0.562. The molecule has 1 N–H and O–H groups in total. The third-order valence-corrected chi connectivity index (χ3v) is 4.55. The van der Waals surface area contributed by atoms with Gasteiger partial charge < -0.3 is 10.1 Å². The van der Waals surface area contributed by atoms with Crippen molar-refractivity contribution in [1.29, 1.82) is 0 Å². The van der Waals surface area contributed by atoms with Gasteiger partial charge in [0.15, 0.2) is 0 Å². The zero-order valence-corrected chi connectivity index (χ0v) is 13.0. The van der Waals surface area contributed by atoms with Gasteiger partial charge in [-0.1, -0.05) is 18.2 Å². The molecule has 1 fully saturated rings. The van der Waals surface area contributed by atoms with Crippen LogP contribution in [0.1, 0.15) is 31.7 Å². The van der Waals surface area contributed by atoms with E-state index in [9.17, 15) is 4.79 Å². The van der Waals surface area contributed by atoms with Crippen LogP contribution in [0.5, 0.6) is 0 Å². The topological polar surface area (TPSA) is 38.3 Å². The largest absolute Gasteiger partial charge is 0.465 e. The Morgan fingerprint density at radius 1 is 1.45 bits per heavy atom. The number of carbonyl (C=O) groups is 1. The summed E-state index contributed by atoms with van der Waals surface area (Å²) in [5, 5.41) is 3.39. The molecule has 0 bridgehead atoms. The fourth-order valence-electron chi connectivity index (χ4n) is 2.05. The molecule has 0 aromatic heterocycles. The molecule has 1 aromatic carbocycles. The molecule has 3 nitrogen and oxygen atoms in total. The highest BCUT2D eigenvalue weighted by molar-refractivity contribution is 7.99. The molecule has 1 unspecified atom stereocenters. The summed E-state index contributed by atoms with van der Waals surface area (Å²) in [5.41, 5.74) is 1.29. The Labute approximate surface area is 125 Å². The standard InChI is InChI=1S/C16H23NO2S/c1-3-19-16(18)14(17-13-8-9-13)10-11-20-15-7-5-4-6-12(15)2/h4-7,13-14,17H,3,8-11H2,1-2H3. The highest BCUT2D eigenvalue weighted by atomic mass is 32.2. The second kappa shape index (κ2) is 7.70. The van der Waals surface area contributed by atoms with Crippen LogP contribution in [0.4, 0.5) is 0 Å². The van der Waals surface area contributed by atoms with Gasteiger partial charge >= 0.3 is 5.97 Å². The minimum atomic E-state index is -0.154. The van der Waals surface area contributed by atoms with Crippen molar-refractivity contribution in [2.24, 2.45) is 0 Å². The summed E-state index contributed by atoms with van der Waals surface area (Å²) in [6.07, 6.45) is 3.18. The highest BCUT2D eigenvalue weighted by Crippen LogP contribution is 2.24. The molecule has 1 aliphatic carbocycles. The molecule has 0 radical (unpaired) electrons. The zero-order valence-electron chi connectivity index (χ0n) is 12.2. The Bertz CT molecular complexity index is 446. The maximum absolute atomic E-state index is 11.9. The number of benzene rings is 1. The maximum atomic E-state index is 11.9. The molecule has 0 heterocycles. The molecule has 0 saturated heterocycles. The summed E-state index contributed by atoms with van der Waals surface area (Å²) in [7, 11) is 0. The van der Waals surface area contributed by atoms with Crippen LogP contribution in [0.2, 0.25) is 0 Å². The van der Waals surface area contributed by atoms with Crippen LogP contribution in [0, 0.1) is 6.92 Å². The SMILES string of the molecule is CCOC(=O)C(CCSc1ccccc1C)NC1CC1. The van der Waals surface area contributed by atoms with Crippen molar-refractivity contribution < 1.29 is 9.53 Å². The minimum Gasteiger partial charge on any atom is -0.465 e. The lowest BCUT2D eigenvalue weighted by Gasteiger charge is -2.17. The number of nitrogens with one attached hydrogen (secondary N) is 1. The molecule has 4 heteroatoms. The lowest BCUT2D eigenvalue weighted by Crippen LogP contribution is -2.39. The molecular weight excluding hydrogens is 270 g/mol. The first-order valence-corrected chi connectivity index (χ1v) is 8.30. The number of hydrogen-bond donors (Lipinski definition) is 1. The average molecular weight is 293 g/mol. The van der Waals surface area contributed by atoms with Crippen LogP contribution in [-0.4, -0.2) is 30.4 Å². The number of hydrogen-bond acceptors (Lipinski definition) is 4. The Morgan fingerprint density at radius 3 is 2.85 bits per heavy atom. The van der Waals surface area contributed by atoms with Crippen LogP contribution in [0.25, 0.3) is 0 Å². The van der Waals surface area contributed by atoms with Gasteiger partial charge in [-0.3, -0.25) is 4.79 Å². The van der Waals surface area contributed by atoms with Gasteiger partial charge in [-0.25, -0.2) is 0 Å². The quantitative estimate of drug-likeness (QED) is 0.590. The monoisotopic (exact) mass is 293 g/mol. The van der Waals surface area contributed by atoms with Gasteiger partial charge in [-0.15, -0.1) is 11.8 Å². The van der Waals surface area contributed by atoms with E-state index in [1.165, 1.54) is 23.3 Å². The minimum absolute atomic E-state index is 0.107. The van der Waals surface area contributed by atoms with Crippen molar-refractivity contribution in [3.8, 4) is 0 Å². The van der Waals surface area contributed by atoms with E-state index in [4.69, 9.17) is 4.74 Å². The summed E-state index contributed by atoms with van der Waals surface area (Å²) >= 11 is 1.81. The van der Waals surface area contributed by atoms with Crippen molar-refractivity contribution in [3.63, 3.8) is 0 Å². The summed E-state index contributed by atoms with van der Waals surface area (Å²) in [5.74, 6) is 0.818. The lowest BCUT2D eigenvalue weighted by atomic mass is 10.2. The third kappa shape index (κ3) is 4.84. The van der Waals surface area contributed by atoms with Gasteiger partial charge in [0.25, 0.3) is 0 Å². The van der Waals surface area contributed by atoms with E-state index in [0.29, 0.717) is 12.6 Å². The highest BCUT2D eigenvalue weighted by Gasteiger charge is 2.28. The Hall–Kier alpha value is -1.00. The number of carbonyl (C=O) groups excluding carboxylic acids is 1. The molecule has 1 saturated carbocycles. The first kappa shape index (κ1) is 15.4. The van der Waals surface area contributed by atoms with E-state index < -0.39 is 0 Å². The number of rotatable bonds is 8. The van der Waals surface area contributed by atoms with Crippen LogP contribution in [0.3, 0.4) is 0 Å². The van der Waals surface area contributed by atoms with Crippen LogP contribution >= 0.6 is 11.8 Å². The Kier molecular flexibility index (Phi) is 5.92. The number of thioether (sulfide) groups is 1. The second-order valence-corrected chi connectivity index (χ2v) is 6.28. The first-order valence-electron chi connectivity index (χ1n) is 7.31. The molecule has 20 heavy (non-hydrogen) atoms. The molecule has 0 amide bonds. The van der Waals surface area contributed by atoms with Gasteiger partial charge in [0.05, 0.1) is 6.61 Å². The molecular formula is C16H23NO2S. The van der Waals surface area contributed by atoms with Crippen LogP contribution in [-0.2, 0) is 9.53 Å². The lowest BCUT2D eigenvalue weighted by molar-refractivity contribution is -0.145. The summed E-state index contributed by atoms with van der Waals surface area (Å²) in [4.78, 5) is 13.2. The van der Waals surface area contributed by atoms with E-state index >= 15 is 0 Å². The number of ether oxygens (including phenoxy) is 1. The summed E-state index contributed by atoms with van der Waals surface area (Å²) in [6, 6.07) is 8.73. The van der Waals surface area contributed by atoms with E-state index in [-0.39, 0.29) is 12.0 Å². The molecule has 2 rings (SSSR count). The Morgan fingerprint density at radius 2 is 2.20 bits per heavy atom. The average Bonchev–Trinajstić information content (AvgIpc) is 3.24. The van der Waals surface area contributed by atoms with Crippen molar-refractivity contribution in [2.45, 2.75) is 50.1 Å². The number of aryl methyl sites for hydroxylation is 1. The number of esters is 1. The summed E-state index contributed by atoms with van der Waals surface area (Å²) < 4.78 is 5.15. The Balaban J connectivity index is 1.81. The van der Waals surface area contributed by atoms with Crippen LogP contribution in [0.15, 0.2) is 29.2 Å². The van der Waals surface area contributed by atoms with E-state index in [0.717, 1.165) is 12.2 Å². The van der Waals surface area contributed by atoms with Gasteiger partial charge in [-0.05, 0) is 44.7 Å². The molecule has 1 aromatic rings. The van der Waals surface area contributed by atoms with E-state index in [2.05, 4.69) is 36.5 Å². The van der Waals surface area contributed by atoms with Crippen molar-refractivity contribution >= 4 is 17.7 Å². The third-order valence-electron chi connectivity index (χ3n) is 3.34. The molecule has 0 spiro atoms. The first-order chi connectivity index (χ1) is 9.70. The molecule has 110 valence electrons. The summed E-state index contributed by atoms with van der Waals surface area (Å²) in [6.45, 7) is 4.42. The van der Waals surface area contributed by atoms with Gasteiger partial charge in [0.1, 0.15) is 6.04 Å². The van der Waals surface area contributed by atoms with E-state index in [1.54, 1.807) is 0 Å². The predicted octanol–water partition coefficient (Wildman–Crippen LogP) is 3.16. The van der Waals surface area contributed by atoms with Gasteiger partial charge in [-0.2, -0.15) is 0 Å². The molecule has 0 aliphatic heterocycles. The van der Waals surface area contributed by atoms with Gasteiger partial charge in [0, 0.05) is 16.7 Å². The van der Waals surface area contributed by atoms with Gasteiger partial charge in [0.2, 0.25) is 0 Å². The van der Waals surface area contributed by atoms with Crippen molar-refractivity contribution in [2.75, 3.05) is 12.4 Å². The normalized spacial score (nSPS) is 15.9. The smallest absolute Gasteiger partial charge is 0.323 e. The molecule has 1 atom stereocenters. The second-order valence-electron chi connectivity index (χ2n) is 5.15. The van der Waals surface area contributed by atoms with Crippen molar-refractivity contribution in [1.82, 2.24) is 5.32 Å². The predicted molar refractivity (Wildman–Crippen MR) is 83.1 cm³/mol. The molecule has 1 aliphatic rings. The maximum Gasteiger partial charge on any atom is 0.323 e. The fourth-order valence-corrected chi connectivity index (χ4v) is 3.10. The zero-order chi connectivity index (χ0) is 14.4.